The number of hydrogen-bond donors (Lipinski definition) is 3. The van der Waals surface area contributed by atoms with Crippen LogP contribution in [0.3, 0.4) is 0 Å². The van der Waals surface area contributed by atoms with E-state index in [0.717, 1.165) is 27.6 Å². The fourth-order valence-corrected chi connectivity index (χ4v) is 4.49. The van der Waals surface area contributed by atoms with E-state index in [0.29, 0.717) is 5.75 Å². The number of amides is 2. The van der Waals surface area contributed by atoms with Crippen LogP contribution in [0, 0.1) is 0 Å². The highest BCUT2D eigenvalue weighted by molar-refractivity contribution is 5.91. The Bertz CT molecular complexity index is 1330. The average molecular weight is 486 g/mol. The molecule has 0 saturated carbocycles. The molecule has 0 spiro atoms. The number of para-hydroxylation sites is 1. The second-order valence-corrected chi connectivity index (χ2v) is 9.13. The van der Waals surface area contributed by atoms with Crippen LogP contribution >= 0.6 is 0 Å². The summed E-state index contributed by atoms with van der Waals surface area (Å²) >= 11 is 0. The minimum atomic E-state index is -1.39. The zero-order valence-corrected chi connectivity index (χ0v) is 20.7. The van der Waals surface area contributed by atoms with E-state index in [9.17, 15) is 14.7 Å². The lowest BCUT2D eigenvalue weighted by atomic mass is 9.88. The number of carbonyl (C=O) groups is 2. The molecule has 1 aromatic heterocycles. The van der Waals surface area contributed by atoms with Gasteiger partial charge in [0.1, 0.15) is 11.3 Å². The fourth-order valence-electron chi connectivity index (χ4n) is 4.49. The predicted octanol–water partition coefficient (Wildman–Crippen LogP) is 5.54. The Morgan fingerprint density at radius 1 is 1.03 bits per heavy atom. The molecule has 0 saturated heterocycles. The van der Waals surface area contributed by atoms with Crippen molar-refractivity contribution in [2.75, 3.05) is 7.11 Å². The number of benzene rings is 3. The first-order valence-electron chi connectivity index (χ1n) is 11.9. The van der Waals surface area contributed by atoms with E-state index in [1.807, 2.05) is 79.9 Å². The Balaban J connectivity index is 1.71. The van der Waals surface area contributed by atoms with Crippen LogP contribution in [-0.2, 0) is 17.8 Å². The zero-order valence-electron chi connectivity index (χ0n) is 20.7. The maximum absolute atomic E-state index is 13.9. The van der Waals surface area contributed by atoms with Crippen LogP contribution in [0.25, 0.3) is 10.9 Å². The smallest absolute Gasteiger partial charge is 0.408 e. The van der Waals surface area contributed by atoms with Gasteiger partial charge in [0.15, 0.2) is 0 Å². The van der Waals surface area contributed by atoms with Gasteiger partial charge in [-0.2, -0.15) is 0 Å². The van der Waals surface area contributed by atoms with Crippen LogP contribution in [0.4, 0.5) is 4.79 Å². The van der Waals surface area contributed by atoms with Gasteiger partial charge in [-0.15, -0.1) is 0 Å². The van der Waals surface area contributed by atoms with E-state index < -0.39 is 11.6 Å². The van der Waals surface area contributed by atoms with E-state index in [1.165, 1.54) is 4.90 Å². The first kappa shape index (κ1) is 24.9. The predicted molar refractivity (Wildman–Crippen MR) is 140 cm³/mol. The maximum atomic E-state index is 13.9. The number of methoxy groups -OCH3 is 1. The monoisotopic (exact) mass is 485 g/mol. The van der Waals surface area contributed by atoms with Crippen molar-refractivity contribution in [3.63, 3.8) is 0 Å². The third-order valence-corrected chi connectivity index (χ3v) is 6.67. The first-order chi connectivity index (χ1) is 17.3. The van der Waals surface area contributed by atoms with Crippen molar-refractivity contribution in [2.24, 2.45) is 0 Å². The van der Waals surface area contributed by atoms with Crippen LogP contribution in [0.5, 0.6) is 5.75 Å². The van der Waals surface area contributed by atoms with Gasteiger partial charge in [-0.05, 0) is 48.7 Å². The van der Waals surface area contributed by atoms with Gasteiger partial charge in [0, 0.05) is 23.5 Å². The largest absolute Gasteiger partial charge is 0.497 e. The van der Waals surface area contributed by atoms with Gasteiger partial charge in [0.05, 0.1) is 19.7 Å². The first-order valence-corrected chi connectivity index (χ1v) is 11.9. The van der Waals surface area contributed by atoms with Crippen molar-refractivity contribution < 1.29 is 19.4 Å². The molecular formula is C29H31N3O4. The molecule has 2 amide bonds. The molecule has 0 bridgehead atoms. The van der Waals surface area contributed by atoms with Gasteiger partial charge in [0.25, 0.3) is 0 Å². The second kappa shape index (κ2) is 10.6. The molecule has 0 aliphatic carbocycles. The molecule has 0 unspecified atom stereocenters. The van der Waals surface area contributed by atoms with Crippen molar-refractivity contribution in [3.8, 4) is 5.75 Å². The van der Waals surface area contributed by atoms with Crippen LogP contribution < -0.4 is 10.1 Å². The number of fused-ring (bicyclic) bond motifs is 1. The molecule has 3 aromatic carbocycles. The Morgan fingerprint density at radius 2 is 1.69 bits per heavy atom. The highest BCUT2D eigenvalue weighted by Gasteiger charge is 2.43. The molecule has 0 fully saturated rings. The number of carbonyl (C=O) groups excluding carboxylic acids is 1. The number of hydrogen-bond acceptors (Lipinski definition) is 3. The van der Waals surface area contributed by atoms with Gasteiger partial charge < -0.3 is 20.1 Å². The van der Waals surface area contributed by atoms with Crippen LogP contribution in [0.15, 0.2) is 85.1 Å². The third-order valence-electron chi connectivity index (χ3n) is 6.67. The van der Waals surface area contributed by atoms with Gasteiger partial charge in [-0.25, -0.2) is 4.79 Å². The Labute approximate surface area is 210 Å². The topological polar surface area (TPSA) is 94.7 Å². The van der Waals surface area contributed by atoms with Gasteiger partial charge in [0.2, 0.25) is 5.91 Å². The molecule has 4 rings (SSSR count). The summed E-state index contributed by atoms with van der Waals surface area (Å²) in [5.41, 5.74) is 2.12. The Kier molecular flexibility index (Phi) is 7.29. The maximum Gasteiger partial charge on any atom is 0.408 e. The minimum Gasteiger partial charge on any atom is -0.497 e. The zero-order chi connectivity index (χ0) is 25.7. The van der Waals surface area contributed by atoms with Crippen molar-refractivity contribution >= 4 is 22.9 Å². The molecule has 0 aliphatic rings. The average Bonchev–Trinajstić information content (AvgIpc) is 3.30. The molecule has 7 nitrogen and oxygen atoms in total. The van der Waals surface area contributed by atoms with Crippen LogP contribution in [0.1, 0.15) is 36.6 Å². The summed E-state index contributed by atoms with van der Waals surface area (Å²) in [7, 11) is 1.58. The molecule has 2 atom stereocenters. The summed E-state index contributed by atoms with van der Waals surface area (Å²) in [6.07, 6.45) is 0.882. The lowest BCUT2D eigenvalue weighted by Gasteiger charge is -2.39. The van der Waals surface area contributed by atoms with E-state index in [1.54, 1.807) is 26.2 Å². The SMILES string of the molecule is COc1ccc(CN(C(=O)O)[C@@](C)(Cc2c[nH]c3ccccc23)C(=O)N[C@H](C)c2ccccc2)cc1. The number of nitrogens with one attached hydrogen (secondary N) is 2. The standard InChI is InChI=1S/C29H31N3O4/c1-20(22-9-5-4-6-10-22)31-27(33)29(2,17-23-18-30-26-12-8-7-11-25(23)26)32(28(34)35)19-21-13-15-24(36-3)16-14-21/h4-16,18,20,30H,17,19H2,1-3H3,(H,31,33)(H,34,35)/t20-,29+/m1/s1. The van der Waals surface area contributed by atoms with E-state index >= 15 is 0 Å². The molecule has 186 valence electrons. The summed E-state index contributed by atoms with van der Waals surface area (Å²) in [4.78, 5) is 31.0. The second-order valence-electron chi connectivity index (χ2n) is 9.13. The molecule has 3 N–H and O–H groups in total. The Hall–Kier alpha value is -4.26. The number of rotatable bonds is 9. The number of ether oxygens (including phenoxy) is 1. The van der Waals surface area contributed by atoms with Gasteiger partial charge in [-0.3, -0.25) is 9.69 Å². The van der Waals surface area contributed by atoms with Gasteiger partial charge >= 0.3 is 6.09 Å². The number of nitrogens with zero attached hydrogens (tertiary/aromatic N) is 1. The molecule has 36 heavy (non-hydrogen) atoms. The van der Waals surface area contributed by atoms with Crippen LogP contribution in [-0.4, -0.2) is 39.6 Å². The van der Waals surface area contributed by atoms with Crippen molar-refractivity contribution in [2.45, 2.75) is 38.4 Å². The molecular weight excluding hydrogens is 454 g/mol. The lowest BCUT2D eigenvalue weighted by Crippen LogP contribution is -2.59. The number of H-pyrrole nitrogens is 1. The molecule has 0 aliphatic heterocycles. The third kappa shape index (κ3) is 5.20. The highest BCUT2D eigenvalue weighted by Crippen LogP contribution is 2.29. The highest BCUT2D eigenvalue weighted by atomic mass is 16.5. The quantitative estimate of drug-likeness (QED) is 0.290. The van der Waals surface area contributed by atoms with Crippen molar-refractivity contribution in [1.29, 1.82) is 0 Å². The van der Waals surface area contributed by atoms with Gasteiger partial charge in [-0.1, -0.05) is 60.7 Å². The number of carboxylic acid groups (broad SMARTS) is 1. The molecule has 7 heteroatoms. The summed E-state index contributed by atoms with van der Waals surface area (Å²) < 4.78 is 5.23. The summed E-state index contributed by atoms with van der Waals surface area (Å²) in [5.74, 6) is 0.316. The van der Waals surface area contributed by atoms with E-state index in [2.05, 4.69) is 10.3 Å². The van der Waals surface area contributed by atoms with Crippen LogP contribution in [0.2, 0.25) is 0 Å². The van der Waals surface area contributed by atoms with E-state index in [4.69, 9.17) is 4.74 Å². The fraction of sp³-hybridized carbons (Fsp3) is 0.241. The summed E-state index contributed by atoms with van der Waals surface area (Å²) in [5, 5.41) is 14.3. The van der Waals surface area contributed by atoms with E-state index in [-0.39, 0.29) is 24.9 Å². The molecule has 0 radical (unpaired) electrons. The van der Waals surface area contributed by atoms with Crippen molar-refractivity contribution in [3.05, 3.63) is 102 Å². The summed E-state index contributed by atoms with van der Waals surface area (Å²) in [6, 6.07) is 24.3. The number of aromatic amines is 1. The lowest BCUT2D eigenvalue weighted by molar-refractivity contribution is -0.132. The van der Waals surface area contributed by atoms with Crippen molar-refractivity contribution in [1.82, 2.24) is 15.2 Å². The Morgan fingerprint density at radius 3 is 2.36 bits per heavy atom. The molecule has 1 heterocycles. The summed E-state index contributed by atoms with van der Waals surface area (Å²) in [6.45, 7) is 3.64. The normalized spacial score (nSPS) is 13.5. The number of aromatic nitrogens is 1. The minimum absolute atomic E-state index is 0.0469. The molecule has 4 aromatic rings.